The number of aryl methyl sites for hydroxylation is 2. The van der Waals surface area contributed by atoms with Gasteiger partial charge in [-0.1, -0.05) is 6.92 Å². The lowest BCUT2D eigenvalue weighted by atomic mass is 9.96. The number of piperidine rings is 1. The zero-order valence-electron chi connectivity index (χ0n) is 11.8. The van der Waals surface area contributed by atoms with E-state index in [1.165, 1.54) is 0 Å². The predicted molar refractivity (Wildman–Crippen MR) is 71.4 cm³/mol. The molecule has 1 saturated heterocycles. The van der Waals surface area contributed by atoms with E-state index in [9.17, 15) is 10.1 Å². The Morgan fingerprint density at radius 3 is 2.79 bits per heavy atom. The summed E-state index contributed by atoms with van der Waals surface area (Å²) in [6, 6.07) is 0. The predicted octanol–water partition coefficient (Wildman–Crippen LogP) is 1.50. The monoisotopic (exact) mass is 268 g/mol. The maximum Gasteiger partial charge on any atom is 0.333 e. The molecular weight excluding hydrogens is 248 g/mol. The van der Waals surface area contributed by atoms with Gasteiger partial charge in [0.2, 0.25) is 5.82 Å². The second-order valence-electron chi connectivity index (χ2n) is 5.12. The average Bonchev–Trinajstić information content (AvgIpc) is 2.65. The molecule has 2 rings (SSSR count). The zero-order valence-corrected chi connectivity index (χ0v) is 11.8. The van der Waals surface area contributed by atoms with Crippen LogP contribution in [0.2, 0.25) is 0 Å². The molecule has 7 heteroatoms. The summed E-state index contributed by atoms with van der Waals surface area (Å²) >= 11 is 0. The van der Waals surface area contributed by atoms with Crippen LogP contribution in [0.25, 0.3) is 0 Å². The Morgan fingerprint density at radius 2 is 2.21 bits per heavy atom. The first-order chi connectivity index (χ1) is 8.95. The molecule has 0 aliphatic carbocycles. The summed E-state index contributed by atoms with van der Waals surface area (Å²) in [5, 5.41) is 15.4. The van der Waals surface area contributed by atoms with E-state index in [1.807, 2.05) is 4.90 Å². The van der Waals surface area contributed by atoms with Crippen LogP contribution >= 0.6 is 0 Å². The third-order valence-corrected chi connectivity index (χ3v) is 3.84. The minimum atomic E-state index is -0.350. The molecule has 0 N–H and O–H groups in total. The minimum absolute atomic E-state index is 0.101. The van der Waals surface area contributed by atoms with Gasteiger partial charge in [-0.05, 0) is 19.3 Å². The maximum atomic E-state index is 11.2. The van der Waals surface area contributed by atoms with Crippen molar-refractivity contribution < 1.29 is 9.66 Å². The molecule has 2 heterocycles. The van der Waals surface area contributed by atoms with E-state index < -0.39 is 0 Å². The first-order valence-corrected chi connectivity index (χ1v) is 6.41. The largest absolute Gasteiger partial charge is 0.379 e. The Balaban J connectivity index is 2.34. The second kappa shape index (κ2) is 5.16. The second-order valence-corrected chi connectivity index (χ2v) is 5.12. The SMILES string of the molecule is COC1CN(c2c([N+](=O)[O-])c(C)nn2C)CCC1C. The van der Waals surface area contributed by atoms with Crippen LogP contribution in [0, 0.1) is 23.0 Å². The highest BCUT2D eigenvalue weighted by molar-refractivity contribution is 5.61. The minimum Gasteiger partial charge on any atom is -0.379 e. The van der Waals surface area contributed by atoms with Crippen molar-refractivity contribution in [3.8, 4) is 0 Å². The Morgan fingerprint density at radius 1 is 1.53 bits per heavy atom. The number of methoxy groups -OCH3 is 1. The Kier molecular flexibility index (Phi) is 3.75. The van der Waals surface area contributed by atoms with E-state index in [2.05, 4.69) is 12.0 Å². The van der Waals surface area contributed by atoms with E-state index >= 15 is 0 Å². The van der Waals surface area contributed by atoms with Gasteiger partial charge in [0.05, 0.1) is 11.0 Å². The van der Waals surface area contributed by atoms with Gasteiger partial charge in [-0.2, -0.15) is 5.10 Å². The fourth-order valence-electron chi connectivity index (χ4n) is 2.74. The fraction of sp³-hybridized carbons (Fsp3) is 0.750. The summed E-state index contributed by atoms with van der Waals surface area (Å²) in [4.78, 5) is 12.9. The van der Waals surface area contributed by atoms with Crippen LogP contribution in [0.1, 0.15) is 19.0 Å². The van der Waals surface area contributed by atoms with Gasteiger partial charge in [0, 0.05) is 27.2 Å². The number of aromatic nitrogens is 2. The molecule has 1 aromatic heterocycles. The summed E-state index contributed by atoms with van der Waals surface area (Å²) in [7, 11) is 3.43. The maximum absolute atomic E-state index is 11.2. The molecule has 19 heavy (non-hydrogen) atoms. The van der Waals surface area contributed by atoms with Crippen molar-refractivity contribution in [1.82, 2.24) is 9.78 Å². The molecule has 0 radical (unpaired) electrons. The quantitative estimate of drug-likeness (QED) is 0.613. The summed E-state index contributed by atoms with van der Waals surface area (Å²) in [5.41, 5.74) is 0.557. The van der Waals surface area contributed by atoms with Gasteiger partial charge < -0.3 is 9.64 Å². The van der Waals surface area contributed by atoms with Crippen molar-refractivity contribution >= 4 is 11.5 Å². The van der Waals surface area contributed by atoms with Gasteiger partial charge in [0.25, 0.3) is 0 Å². The molecule has 2 unspecified atom stereocenters. The zero-order chi connectivity index (χ0) is 14.2. The van der Waals surface area contributed by atoms with Crippen molar-refractivity contribution in [2.75, 3.05) is 25.1 Å². The van der Waals surface area contributed by atoms with Crippen molar-refractivity contribution in [2.24, 2.45) is 13.0 Å². The van der Waals surface area contributed by atoms with Crippen LogP contribution < -0.4 is 4.90 Å². The summed E-state index contributed by atoms with van der Waals surface area (Å²) in [5.74, 6) is 1.05. The van der Waals surface area contributed by atoms with Crippen LogP contribution in [0.15, 0.2) is 0 Å². The van der Waals surface area contributed by atoms with Gasteiger partial charge in [0.15, 0.2) is 0 Å². The standard InChI is InChI=1S/C12H20N4O3/c1-8-5-6-15(7-10(8)19-4)12-11(16(17)18)9(2)13-14(12)3/h8,10H,5-7H2,1-4H3. The smallest absolute Gasteiger partial charge is 0.333 e. The van der Waals surface area contributed by atoms with Gasteiger partial charge in [0.1, 0.15) is 5.69 Å². The molecule has 2 atom stereocenters. The first-order valence-electron chi connectivity index (χ1n) is 6.41. The highest BCUT2D eigenvalue weighted by atomic mass is 16.6. The number of rotatable bonds is 3. The van der Waals surface area contributed by atoms with E-state index in [-0.39, 0.29) is 16.7 Å². The third kappa shape index (κ3) is 2.42. The van der Waals surface area contributed by atoms with E-state index in [1.54, 1.807) is 25.8 Å². The molecular formula is C12H20N4O3. The summed E-state index contributed by atoms with van der Waals surface area (Å²) < 4.78 is 7.05. The van der Waals surface area contributed by atoms with E-state index in [0.717, 1.165) is 13.0 Å². The summed E-state index contributed by atoms with van der Waals surface area (Å²) in [6.07, 6.45) is 1.06. The number of anilines is 1. The molecule has 0 bridgehead atoms. The number of nitrogens with zero attached hydrogens (tertiary/aromatic N) is 4. The van der Waals surface area contributed by atoms with Gasteiger partial charge in [-0.3, -0.25) is 10.1 Å². The van der Waals surface area contributed by atoms with Crippen LogP contribution in [0.3, 0.4) is 0 Å². The highest BCUT2D eigenvalue weighted by Gasteiger charge is 2.33. The lowest BCUT2D eigenvalue weighted by Crippen LogP contribution is -2.44. The van der Waals surface area contributed by atoms with Crippen LogP contribution in [-0.4, -0.2) is 41.0 Å². The molecule has 1 aliphatic rings. The van der Waals surface area contributed by atoms with Crippen molar-refractivity contribution in [3.63, 3.8) is 0 Å². The lowest BCUT2D eigenvalue weighted by molar-refractivity contribution is -0.384. The molecule has 1 aromatic rings. The molecule has 0 aromatic carbocycles. The number of hydrogen-bond acceptors (Lipinski definition) is 5. The molecule has 106 valence electrons. The van der Waals surface area contributed by atoms with Gasteiger partial charge in [-0.25, -0.2) is 4.68 Å². The van der Waals surface area contributed by atoms with Gasteiger partial charge >= 0.3 is 5.69 Å². The summed E-state index contributed by atoms with van der Waals surface area (Å²) in [6.45, 7) is 5.27. The Labute approximate surface area is 112 Å². The number of hydrogen-bond donors (Lipinski definition) is 0. The van der Waals surface area contributed by atoms with Gasteiger partial charge in [-0.15, -0.1) is 0 Å². The van der Waals surface area contributed by atoms with Crippen molar-refractivity contribution in [3.05, 3.63) is 15.8 Å². The lowest BCUT2D eigenvalue weighted by Gasteiger charge is -2.36. The van der Waals surface area contributed by atoms with Crippen LogP contribution in [0.4, 0.5) is 11.5 Å². The molecule has 0 saturated carbocycles. The Hall–Kier alpha value is -1.63. The molecule has 0 spiro atoms. The van der Waals surface area contributed by atoms with Crippen molar-refractivity contribution in [1.29, 1.82) is 0 Å². The third-order valence-electron chi connectivity index (χ3n) is 3.84. The highest BCUT2D eigenvalue weighted by Crippen LogP contribution is 2.33. The fourth-order valence-corrected chi connectivity index (χ4v) is 2.74. The van der Waals surface area contributed by atoms with Crippen LogP contribution in [-0.2, 0) is 11.8 Å². The number of nitro groups is 1. The van der Waals surface area contributed by atoms with Crippen molar-refractivity contribution in [2.45, 2.75) is 26.4 Å². The average molecular weight is 268 g/mol. The molecule has 1 aliphatic heterocycles. The van der Waals surface area contributed by atoms with E-state index in [4.69, 9.17) is 4.74 Å². The molecule has 7 nitrogen and oxygen atoms in total. The first kappa shape index (κ1) is 13.8. The van der Waals surface area contributed by atoms with E-state index in [0.29, 0.717) is 24.0 Å². The topological polar surface area (TPSA) is 73.4 Å². The molecule has 0 amide bonds. The normalized spacial score (nSPS) is 23.7. The number of ether oxygens (including phenoxy) is 1. The van der Waals surface area contributed by atoms with Crippen LogP contribution in [0.5, 0.6) is 0 Å². The Bertz CT molecular complexity index is 486. The molecule has 1 fully saturated rings.